The first-order valence-corrected chi connectivity index (χ1v) is 16.1. The molecule has 0 aliphatic carbocycles. The maximum atomic E-state index is 13.3. The molecule has 1 aliphatic rings. The van der Waals surface area contributed by atoms with Crippen LogP contribution in [-0.2, 0) is 37.5 Å². The summed E-state index contributed by atoms with van der Waals surface area (Å²) >= 11 is 0. The second-order valence-corrected chi connectivity index (χ2v) is 14.3. The third-order valence-corrected chi connectivity index (χ3v) is 7.79. The van der Waals surface area contributed by atoms with Crippen molar-refractivity contribution in [2.24, 2.45) is 0 Å². The first-order chi connectivity index (χ1) is 19.5. The minimum Gasteiger partial charge on any atom is -0.379 e. The van der Waals surface area contributed by atoms with Crippen LogP contribution in [0, 0.1) is 0 Å². The quantitative estimate of drug-likeness (QED) is 0.111. The van der Waals surface area contributed by atoms with Gasteiger partial charge in [-0.15, -0.1) is 0 Å². The fraction of sp³-hybridized carbons (Fsp3) is 0.889. The van der Waals surface area contributed by atoms with Gasteiger partial charge in [-0.2, -0.15) is 0 Å². The van der Waals surface area contributed by atoms with Crippen LogP contribution in [0.15, 0.2) is 0 Å². The number of rotatable bonds is 20. The summed E-state index contributed by atoms with van der Waals surface area (Å²) in [4.78, 5) is 52.0. The normalized spacial score (nSPS) is 18.5. The van der Waals surface area contributed by atoms with Crippen molar-refractivity contribution >= 4 is 25.5 Å². The van der Waals surface area contributed by atoms with E-state index in [-0.39, 0.29) is 37.5 Å². The van der Waals surface area contributed by atoms with Gasteiger partial charge in [-0.3, -0.25) is 23.4 Å². The zero-order valence-corrected chi connectivity index (χ0v) is 27.9. The van der Waals surface area contributed by atoms with Crippen LogP contribution < -0.4 is 5.32 Å². The lowest BCUT2D eigenvalue weighted by molar-refractivity contribution is -0.870. The molecule has 2 N–H and O–H groups in total. The van der Waals surface area contributed by atoms with E-state index in [9.17, 15) is 23.8 Å². The lowest BCUT2D eigenvalue weighted by Gasteiger charge is -2.41. The fourth-order valence-electron chi connectivity index (χ4n) is 4.38. The Balaban J connectivity index is 2.65. The van der Waals surface area contributed by atoms with E-state index in [1.807, 2.05) is 0 Å². The molecule has 0 saturated carbocycles. The highest BCUT2D eigenvalue weighted by Crippen LogP contribution is 2.41. The Morgan fingerprint density at radius 1 is 0.929 bits per heavy atom. The van der Waals surface area contributed by atoms with Gasteiger partial charge in [-0.05, 0) is 6.42 Å². The van der Waals surface area contributed by atoms with E-state index in [0.29, 0.717) is 51.9 Å². The van der Waals surface area contributed by atoms with Crippen LogP contribution in [0.5, 0.6) is 0 Å². The zero-order valence-electron chi connectivity index (χ0n) is 27.0. The number of quaternary nitrogens is 2. The maximum Gasteiger partial charge on any atom is 0.472 e. The number of hydrogen-bond acceptors (Lipinski definition) is 8. The number of carbonyl (C=O) groups is 3. The van der Waals surface area contributed by atoms with Gasteiger partial charge in [-0.25, -0.2) is 4.57 Å². The molecule has 246 valence electrons. The number of nitrogens with zero attached hydrogens (tertiary/aromatic N) is 4. The SMILES string of the molecule is COC(COCCCNC(=O)C1CN(C(=O)CCC[N+](C)(C)C)CCN1C(=O)CCC[N+](C)(C)C)COP(=O)(O)OC. The summed E-state index contributed by atoms with van der Waals surface area (Å²) in [5.41, 5.74) is 0. The molecule has 15 heteroatoms. The van der Waals surface area contributed by atoms with Crippen LogP contribution in [0.1, 0.15) is 32.1 Å². The highest BCUT2D eigenvalue weighted by molar-refractivity contribution is 7.47. The minimum atomic E-state index is -4.10. The van der Waals surface area contributed by atoms with Gasteiger partial charge in [0.1, 0.15) is 12.1 Å². The Labute approximate surface area is 252 Å². The standard InChI is InChI=1S/C27H54N5O9P/c1-31(2,3)17-9-12-25(33)29-15-16-30(26(34)13-10-18-32(4,5)6)24(20-29)27(35)28-14-11-19-40-21-23(38-7)22-41-42(36,37)39-8/h23-24H,9-22H2,1-8H3/p+2. The Kier molecular flexibility index (Phi) is 16.7. The number of carbonyl (C=O) groups excluding carboxylic acids is 3. The van der Waals surface area contributed by atoms with Crippen molar-refractivity contribution in [3.8, 4) is 0 Å². The van der Waals surface area contributed by atoms with Crippen molar-refractivity contribution in [3.05, 3.63) is 0 Å². The number of phosphoric ester groups is 1. The summed E-state index contributed by atoms with van der Waals surface area (Å²) in [6.07, 6.45) is 2.16. The number of hydrogen-bond donors (Lipinski definition) is 2. The minimum absolute atomic E-state index is 0.00603. The van der Waals surface area contributed by atoms with Gasteiger partial charge >= 0.3 is 7.82 Å². The van der Waals surface area contributed by atoms with Gasteiger partial charge in [0.25, 0.3) is 0 Å². The molecule has 1 aliphatic heterocycles. The zero-order chi connectivity index (χ0) is 32.0. The predicted molar refractivity (Wildman–Crippen MR) is 158 cm³/mol. The molecule has 3 unspecified atom stereocenters. The third kappa shape index (κ3) is 16.3. The first kappa shape index (κ1) is 38.4. The van der Waals surface area contributed by atoms with E-state index < -0.39 is 20.0 Å². The van der Waals surface area contributed by atoms with Crippen molar-refractivity contribution < 1.29 is 51.3 Å². The summed E-state index contributed by atoms with van der Waals surface area (Å²) in [7, 11) is 10.9. The molecule has 0 bridgehead atoms. The van der Waals surface area contributed by atoms with Gasteiger partial charge in [-0.1, -0.05) is 0 Å². The smallest absolute Gasteiger partial charge is 0.379 e. The molecule has 3 amide bonds. The van der Waals surface area contributed by atoms with E-state index in [2.05, 4.69) is 52.1 Å². The van der Waals surface area contributed by atoms with Crippen molar-refractivity contribution in [3.63, 3.8) is 0 Å². The number of phosphoric acid groups is 1. The number of amides is 3. The monoisotopic (exact) mass is 625 g/mol. The highest BCUT2D eigenvalue weighted by atomic mass is 31.2. The predicted octanol–water partition coefficient (Wildman–Crippen LogP) is 0.300. The Bertz CT molecular complexity index is 894. The number of methoxy groups -OCH3 is 1. The second-order valence-electron chi connectivity index (χ2n) is 12.7. The summed E-state index contributed by atoms with van der Waals surface area (Å²) in [5, 5.41) is 2.90. The molecule has 1 fully saturated rings. The molecular formula is C27H56N5O9P+2. The molecule has 0 radical (unpaired) electrons. The lowest BCUT2D eigenvalue weighted by Crippen LogP contribution is -2.61. The molecule has 0 aromatic heterocycles. The number of nitrogens with one attached hydrogen (secondary N) is 1. The Hall–Kier alpha value is -1.64. The van der Waals surface area contributed by atoms with Crippen molar-refractivity contribution in [2.75, 3.05) is 116 Å². The summed E-state index contributed by atoms with van der Waals surface area (Å²) in [5.74, 6) is -0.357. The van der Waals surface area contributed by atoms with Gasteiger partial charge in [0, 0.05) is 66.1 Å². The third-order valence-electron chi connectivity index (χ3n) is 6.85. The van der Waals surface area contributed by atoms with E-state index >= 15 is 0 Å². The van der Waals surface area contributed by atoms with Crippen molar-refractivity contribution in [2.45, 2.75) is 44.2 Å². The van der Waals surface area contributed by atoms with Crippen LogP contribution in [0.25, 0.3) is 0 Å². The van der Waals surface area contributed by atoms with Crippen molar-refractivity contribution in [1.29, 1.82) is 0 Å². The van der Waals surface area contributed by atoms with E-state index in [1.54, 1.807) is 9.80 Å². The molecule has 14 nitrogen and oxygen atoms in total. The Morgan fingerprint density at radius 3 is 2.07 bits per heavy atom. The maximum absolute atomic E-state index is 13.3. The molecule has 1 heterocycles. The summed E-state index contributed by atoms with van der Waals surface area (Å²) < 4.78 is 32.9. The topological polar surface area (TPSA) is 144 Å². The highest BCUT2D eigenvalue weighted by Gasteiger charge is 2.36. The molecular weight excluding hydrogens is 569 g/mol. The molecule has 3 atom stereocenters. The summed E-state index contributed by atoms with van der Waals surface area (Å²) in [6.45, 7) is 3.20. The van der Waals surface area contributed by atoms with Crippen LogP contribution in [0.4, 0.5) is 0 Å². The van der Waals surface area contributed by atoms with E-state index in [0.717, 1.165) is 35.6 Å². The van der Waals surface area contributed by atoms with Crippen LogP contribution >= 0.6 is 7.82 Å². The molecule has 1 rings (SSSR count). The molecule has 0 aromatic rings. The molecule has 1 saturated heterocycles. The van der Waals surface area contributed by atoms with Crippen molar-refractivity contribution in [1.82, 2.24) is 15.1 Å². The molecule has 0 aromatic carbocycles. The number of piperazine rings is 1. The van der Waals surface area contributed by atoms with E-state index in [4.69, 9.17) is 14.0 Å². The first-order valence-electron chi connectivity index (χ1n) is 14.6. The van der Waals surface area contributed by atoms with Crippen LogP contribution in [-0.4, -0.2) is 169 Å². The summed E-state index contributed by atoms with van der Waals surface area (Å²) in [6, 6.07) is -0.747. The van der Waals surface area contributed by atoms with Gasteiger partial charge in [0.2, 0.25) is 17.7 Å². The Morgan fingerprint density at radius 2 is 1.52 bits per heavy atom. The largest absolute Gasteiger partial charge is 0.472 e. The average Bonchev–Trinajstić information content (AvgIpc) is 2.90. The second kappa shape index (κ2) is 18.2. The van der Waals surface area contributed by atoms with Gasteiger partial charge in [0.05, 0.1) is 75.1 Å². The number of ether oxygens (including phenoxy) is 2. The molecule has 0 spiro atoms. The fourth-order valence-corrected chi connectivity index (χ4v) is 4.84. The van der Waals surface area contributed by atoms with E-state index in [1.165, 1.54) is 7.11 Å². The lowest BCUT2D eigenvalue weighted by atomic mass is 10.1. The average molecular weight is 626 g/mol. The van der Waals surface area contributed by atoms with Crippen LogP contribution in [0.2, 0.25) is 0 Å². The van der Waals surface area contributed by atoms with Gasteiger partial charge in [0.15, 0.2) is 0 Å². The molecule has 42 heavy (non-hydrogen) atoms. The van der Waals surface area contributed by atoms with Gasteiger partial charge < -0.3 is 38.4 Å². The van der Waals surface area contributed by atoms with Crippen LogP contribution in [0.3, 0.4) is 0 Å².